The minimum Gasteiger partial charge on any atom is -0.457 e. The molecule has 0 bridgehead atoms. The third-order valence-electron chi connectivity index (χ3n) is 7.02. The number of phosphoric acid groups is 1. The van der Waals surface area contributed by atoms with E-state index in [4.69, 9.17) is 24.0 Å². The average Bonchev–Trinajstić information content (AvgIpc) is 2.93. The molecule has 42 heavy (non-hydrogen) atoms. The summed E-state index contributed by atoms with van der Waals surface area (Å²) in [5.74, 6) is -0.374. The SMILES string of the molecule is CCCCCCCCCCCCC(=O)O[C@H](COCOCCCCCCCCCCCCNC(C)=O)COP(=O)(O)O. The van der Waals surface area contributed by atoms with Crippen LogP contribution in [-0.4, -0.2) is 60.9 Å². The molecule has 1 amide bonds. The first kappa shape index (κ1) is 41.0. The number of carbonyl (C=O) groups excluding carboxylic acids is 2. The van der Waals surface area contributed by atoms with Crippen LogP contribution in [-0.2, 0) is 32.9 Å². The molecule has 0 aliphatic heterocycles. The number of nitrogens with one attached hydrogen (secondary N) is 1. The summed E-state index contributed by atoms with van der Waals surface area (Å²) in [6, 6.07) is 0. The Bertz CT molecular complexity index is 675. The molecule has 0 aliphatic rings. The lowest BCUT2D eigenvalue weighted by atomic mass is 10.1. The van der Waals surface area contributed by atoms with E-state index in [1.165, 1.54) is 89.9 Å². The van der Waals surface area contributed by atoms with Crippen molar-refractivity contribution >= 4 is 19.7 Å². The topological polar surface area (TPSA) is 141 Å². The van der Waals surface area contributed by atoms with Gasteiger partial charge in [0.15, 0.2) is 0 Å². The molecule has 11 heteroatoms. The van der Waals surface area contributed by atoms with Crippen molar-refractivity contribution in [3.63, 3.8) is 0 Å². The van der Waals surface area contributed by atoms with Gasteiger partial charge < -0.3 is 29.3 Å². The van der Waals surface area contributed by atoms with Gasteiger partial charge in [0.25, 0.3) is 0 Å². The molecule has 0 fully saturated rings. The van der Waals surface area contributed by atoms with Crippen LogP contribution in [0.4, 0.5) is 0 Å². The predicted octanol–water partition coefficient (Wildman–Crippen LogP) is 7.35. The Kier molecular flexibility index (Phi) is 29.3. The molecule has 250 valence electrons. The van der Waals surface area contributed by atoms with Crippen molar-refractivity contribution in [3.05, 3.63) is 0 Å². The van der Waals surface area contributed by atoms with Gasteiger partial charge in [-0.3, -0.25) is 14.1 Å². The van der Waals surface area contributed by atoms with Gasteiger partial charge in [-0.1, -0.05) is 116 Å². The second kappa shape index (κ2) is 30.0. The monoisotopic (exact) mass is 623 g/mol. The molecule has 0 aromatic heterocycles. The molecular formula is C31H62NO9P. The summed E-state index contributed by atoms with van der Waals surface area (Å²) in [7, 11) is -4.68. The summed E-state index contributed by atoms with van der Waals surface area (Å²) in [5, 5.41) is 2.82. The fourth-order valence-corrected chi connectivity index (χ4v) is 4.96. The number of ether oxygens (including phenoxy) is 3. The van der Waals surface area contributed by atoms with E-state index in [0.717, 1.165) is 45.1 Å². The summed E-state index contributed by atoms with van der Waals surface area (Å²) in [6.45, 7) is 4.63. The first-order valence-corrected chi connectivity index (χ1v) is 18.1. The minimum absolute atomic E-state index is 0.0182. The number of esters is 1. The van der Waals surface area contributed by atoms with Crippen LogP contribution >= 0.6 is 7.82 Å². The van der Waals surface area contributed by atoms with E-state index in [-0.39, 0.29) is 25.7 Å². The van der Waals surface area contributed by atoms with Crippen molar-refractivity contribution in [2.75, 3.05) is 33.2 Å². The molecule has 0 aromatic carbocycles. The highest BCUT2D eigenvalue weighted by Gasteiger charge is 2.21. The molecule has 0 unspecified atom stereocenters. The van der Waals surface area contributed by atoms with Gasteiger partial charge in [0.05, 0.1) is 13.2 Å². The van der Waals surface area contributed by atoms with Gasteiger partial charge in [-0.25, -0.2) is 4.57 Å². The van der Waals surface area contributed by atoms with Crippen molar-refractivity contribution < 1.29 is 42.7 Å². The van der Waals surface area contributed by atoms with Crippen LogP contribution in [0.25, 0.3) is 0 Å². The maximum atomic E-state index is 12.2. The standard InChI is InChI=1S/C31H62NO9P/c1-3-4-5-6-7-8-11-14-17-20-23-31(34)41-30(27-40-42(35,36)37)26-39-28-38-25-22-19-16-13-10-9-12-15-18-21-24-32-29(2)33/h30H,3-28H2,1-2H3,(H,32,33)(H2,35,36,37)/t30-/m1/s1. The zero-order valence-electron chi connectivity index (χ0n) is 26.7. The van der Waals surface area contributed by atoms with Crippen molar-refractivity contribution in [2.24, 2.45) is 0 Å². The summed E-state index contributed by atoms with van der Waals surface area (Å²) < 4.78 is 31.9. The maximum absolute atomic E-state index is 12.2. The molecule has 3 N–H and O–H groups in total. The number of carbonyl (C=O) groups is 2. The quantitative estimate of drug-likeness (QED) is 0.0304. The number of phosphoric ester groups is 1. The number of hydrogen-bond acceptors (Lipinski definition) is 7. The Balaban J connectivity index is 3.79. The Morgan fingerprint density at radius 2 is 1.19 bits per heavy atom. The Hall–Kier alpha value is -1.03. The van der Waals surface area contributed by atoms with Crippen LogP contribution in [0.2, 0.25) is 0 Å². The van der Waals surface area contributed by atoms with Crippen LogP contribution < -0.4 is 5.32 Å². The molecule has 0 saturated heterocycles. The van der Waals surface area contributed by atoms with Crippen LogP contribution in [0.5, 0.6) is 0 Å². The third-order valence-corrected chi connectivity index (χ3v) is 7.51. The van der Waals surface area contributed by atoms with E-state index < -0.39 is 26.5 Å². The van der Waals surface area contributed by atoms with E-state index >= 15 is 0 Å². The molecule has 0 saturated carbocycles. The van der Waals surface area contributed by atoms with Gasteiger partial charge in [-0.15, -0.1) is 0 Å². The lowest BCUT2D eigenvalue weighted by Crippen LogP contribution is -2.28. The fraction of sp³-hybridized carbons (Fsp3) is 0.935. The molecule has 10 nitrogen and oxygen atoms in total. The van der Waals surface area contributed by atoms with E-state index in [2.05, 4.69) is 16.8 Å². The molecular weight excluding hydrogens is 561 g/mol. The smallest absolute Gasteiger partial charge is 0.457 e. The predicted molar refractivity (Wildman–Crippen MR) is 166 cm³/mol. The zero-order valence-corrected chi connectivity index (χ0v) is 27.6. The number of unbranched alkanes of at least 4 members (excludes halogenated alkanes) is 18. The van der Waals surface area contributed by atoms with E-state index in [1.807, 2.05) is 0 Å². The van der Waals surface area contributed by atoms with Crippen LogP contribution in [0.3, 0.4) is 0 Å². The number of hydrogen-bond donors (Lipinski definition) is 3. The molecule has 0 heterocycles. The molecule has 1 atom stereocenters. The average molecular weight is 624 g/mol. The van der Waals surface area contributed by atoms with Gasteiger partial charge in [-0.2, -0.15) is 0 Å². The second-order valence-corrected chi connectivity index (χ2v) is 12.5. The van der Waals surface area contributed by atoms with Crippen molar-refractivity contribution in [2.45, 2.75) is 155 Å². The normalized spacial score (nSPS) is 12.4. The van der Waals surface area contributed by atoms with Gasteiger partial charge in [0.1, 0.15) is 12.9 Å². The molecule has 0 spiro atoms. The number of rotatable bonds is 32. The first-order valence-electron chi connectivity index (χ1n) is 16.5. The van der Waals surface area contributed by atoms with Gasteiger partial charge in [0.2, 0.25) is 5.91 Å². The molecule has 0 rings (SSSR count). The van der Waals surface area contributed by atoms with Crippen molar-refractivity contribution in [1.29, 1.82) is 0 Å². The van der Waals surface area contributed by atoms with Crippen LogP contribution in [0.1, 0.15) is 149 Å². The lowest BCUT2D eigenvalue weighted by Gasteiger charge is -2.18. The maximum Gasteiger partial charge on any atom is 0.469 e. The van der Waals surface area contributed by atoms with Crippen molar-refractivity contribution in [3.8, 4) is 0 Å². The largest absolute Gasteiger partial charge is 0.469 e. The summed E-state index contributed by atoms with van der Waals surface area (Å²) in [4.78, 5) is 41.0. The van der Waals surface area contributed by atoms with Crippen LogP contribution in [0, 0.1) is 0 Å². The third kappa shape index (κ3) is 33.5. The summed E-state index contributed by atoms with van der Waals surface area (Å²) >= 11 is 0. The van der Waals surface area contributed by atoms with Gasteiger partial charge >= 0.3 is 13.8 Å². The molecule has 0 aromatic rings. The summed E-state index contributed by atoms with van der Waals surface area (Å²) in [6.07, 6.45) is 22.6. The summed E-state index contributed by atoms with van der Waals surface area (Å²) in [5.41, 5.74) is 0. The highest BCUT2D eigenvalue weighted by atomic mass is 31.2. The van der Waals surface area contributed by atoms with Gasteiger partial charge in [-0.05, 0) is 19.3 Å². The van der Waals surface area contributed by atoms with E-state index in [1.54, 1.807) is 6.92 Å². The zero-order chi connectivity index (χ0) is 31.2. The van der Waals surface area contributed by atoms with Crippen molar-refractivity contribution in [1.82, 2.24) is 5.32 Å². The van der Waals surface area contributed by atoms with E-state index in [0.29, 0.717) is 6.61 Å². The highest BCUT2D eigenvalue weighted by Crippen LogP contribution is 2.35. The number of amides is 1. The molecule has 0 radical (unpaired) electrons. The first-order chi connectivity index (χ1) is 20.2. The Morgan fingerprint density at radius 1 is 0.690 bits per heavy atom. The second-order valence-electron chi connectivity index (χ2n) is 11.2. The lowest BCUT2D eigenvalue weighted by molar-refractivity contribution is -0.158. The van der Waals surface area contributed by atoms with Crippen LogP contribution in [0.15, 0.2) is 0 Å². The minimum atomic E-state index is -4.68. The van der Waals surface area contributed by atoms with E-state index in [9.17, 15) is 14.2 Å². The highest BCUT2D eigenvalue weighted by molar-refractivity contribution is 7.46. The Morgan fingerprint density at radius 3 is 1.71 bits per heavy atom. The Labute approximate surface area is 255 Å². The fourth-order valence-electron chi connectivity index (χ4n) is 4.60. The van der Waals surface area contributed by atoms with Gasteiger partial charge in [0, 0.05) is 26.5 Å². The molecule has 0 aliphatic carbocycles.